The zero-order valence-electron chi connectivity index (χ0n) is 10.5. The number of anilines is 1. The van der Waals surface area contributed by atoms with E-state index in [0.717, 1.165) is 12.4 Å². The molecule has 0 aliphatic rings. The van der Waals surface area contributed by atoms with Crippen LogP contribution < -0.4 is 10.6 Å². The number of nitrogens with two attached hydrogens (primary N) is 1. The molecule has 0 fully saturated rings. The van der Waals surface area contributed by atoms with Crippen molar-refractivity contribution in [2.45, 2.75) is 19.9 Å². The van der Waals surface area contributed by atoms with Gasteiger partial charge >= 0.3 is 0 Å². The number of aromatic nitrogens is 2. The number of likely N-dealkylation sites (N-methyl/N-ethyl adjacent to an activating group) is 1. The minimum Gasteiger partial charge on any atom is -0.383 e. The van der Waals surface area contributed by atoms with Crippen molar-refractivity contribution >= 4 is 11.7 Å². The Morgan fingerprint density at radius 2 is 2.24 bits per heavy atom. The molecule has 1 aromatic rings. The van der Waals surface area contributed by atoms with Crippen molar-refractivity contribution in [3.05, 3.63) is 18.1 Å². The summed E-state index contributed by atoms with van der Waals surface area (Å²) < 4.78 is 5.13. The Labute approximate surface area is 101 Å². The van der Waals surface area contributed by atoms with Gasteiger partial charge < -0.3 is 15.4 Å². The standard InChI is InChI=1S/C11H19N5O/c1-4-16(8(2)7-17-3)10-6-14-9(5-15-10)11(12)13/h5-6,8H,4,7H2,1-3H3,(H3,12,13). The Morgan fingerprint density at radius 3 is 2.65 bits per heavy atom. The van der Waals surface area contributed by atoms with E-state index in [0.29, 0.717) is 12.3 Å². The van der Waals surface area contributed by atoms with Crippen molar-refractivity contribution < 1.29 is 4.74 Å². The summed E-state index contributed by atoms with van der Waals surface area (Å²) in [7, 11) is 1.68. The first-order chi connectivity index (χ1) is 8.10. The van der Waals surface area contributed by atoms with E-state index in [1.807, 2.05) is 6.92 Å². The van der Waals surface area contributed by atoms with Gasteiger partial charge in [-0.25, -0.2) is 9.97 Å². The predicted octanol–water partition coefficient (Wildman–Crippen LogP) is 0.622. The first-order valence-corrected chi connectivity index (χ1v) is 5.52. The minimum absolute atomic E-state index is 0.0722. The van der Waals surface area contributed by atoms with Gasteiger partial charge in [0.25, 0.3) is 0 Å². The fourth-order valence-corrected chi connectivity index (χ4v) is 1.64. The summed E-state index contributed by atoms with van der Waals surface area (Å²) in [5.41, 5.74) is 5.72. The van der Waals surface area contributed by atoms with Crippen LogP contribution in [0.15, 0.2) is 12.4 Å². The fraction of sp³-hybridized carbons (Fsp3) is 0.545. The first kappa shape index (κ1) is 13.4. The molecule has 1 unspecified atom stereocenters. The number of ether oxygens (including phenoxy) is 1. The molecule has 17 heavy (non-hydrogen) atoms. The Morgan fingerprint density at radius 1 is 1.53 bits per heavy atom. The molecule has 0 saturated carbocycles. The molecular weight excluding hydrogens is 218 g/mol. The summed E-state index contributed by atoms with van der Waals surface area (Å²) in [5.74, 6) is 0.694. The van der Waals surface area contributed by atoms with Gasteiger partial charge in [-0.3, -0.25) is 5.41 Å². The van der Waals surface area contributed by atoms with E-state index >= 15 is 0 Å². The van der Waals surface area contributed by atoms with Crippen LogP contribution in [0.25, 0.3) is 0 Å². The molecule has 0 aliphatic heterocycles. The molecular formula is C11H19N5O. The van der Waals surface area contributed by atoms with Gasteiger partial charge in [-0.2, -0.15) is 0 Å². The fourth-order valence-electron chi connectivity index (χ4n) is 1.64. The second kappa shape index (κ2) is 6.15. The molecule has 6 nitrogen and oxygen atoms in total. The molecule has 0 aliphatic carbocycles. The highest BCUT2D eigenvalue weighted by Crippen LogP contribution is 2.12. The summed E-state index contributed by atoms with van der Waals surface area (Å²) in [5, 5.41) is 7.25. The number of hydrogen-bond acceptors (Lipinski definition) is 5. The van der Waals surface area contributed by atoms with Crippen LogP contribution in [0.3, 0.4) is 0 Å². The number of hydrogen-bond donors (Lipinski definition) is 2. The lowest BCUT2D eigenvalue weighted by atomic mass is 10.3. The highest BCUT2D eigenvalue weighted by Gasteiger charge is 2.14. The molecule has 0 aromatic carbocycles. The molecule has 94 valence electrons. The molecule has 1 rings (SSSR count). The van der Waals surface area contributed by atoms with Crippen molar-refractivity contribution in [2.24, 2.45) is 5.73 Å². The number of amidine groups is 1. The molecule has 0 amide bonds. The third-order valence-corrected chi connectivity index (χ3v) is 2.49. The minimum atomic E-state index is -0.0722. The Hall–Kier alpha value is -1.69. The van der Waals surface area contributed by atoms with Gasteiger partial charge in [-0.1, -0.05) is 0 Å². The molecule has 6 heteroatoms. The first-order valence-electron chi connectivity index (χ1n) is 5.52. The van der Waals surface area contributed by atoms with Gasteiger partial charge in [0.2, 0.25) is 0 Å². The van der Waals surface area contributed by atoms with Crippen LogP contribution in [0.1, 0.15) is 19.5 Å². The summed E-state index contributed by atoms with van der Waals surface area (Å²) >= 11 is 0. The molecule has 0 saturated heterocycles. The largest absolute Gasteiger partial charge is 0.383 e. The zero-order chi connectivity index (χ0) is 12.8. The maximum absolute atomic E-state index is 7.25. The Balaban J connectivity index is 2.85. The molecule has 0 spiro atoms. The number of nitrogen functional groups attached to an aromatic ring is 1. The number of methoxy groups -OCH3 is 1. The summed E-state index contributed by atoms with van der Waals surface area (Å²) in [6, 6.07) is 0.225. The highest BCUT2D eigenvalue weighted by atomic mass is 16.5. The normalized spacial score (nSPS) is 12.2. The highest BCUT2D eigenvalue weighted by molar-refractivity contribution is 5.92. The van der Waals surface area contributed by atoms with Gasteiger partial charge in [0.1, 0.15) is 17.3 Å². The molecule has 1 atom stereocenters. The van der Waals surface area contributed by atoms with Crippen LogP contribution in [0, 0.1) is 5.41 Å². The maximum atomic E-state index is 7.25. The number of nitrogens with one attached hydrogen (secondary N) is 1. The molecule has 0 radical (unpaired) electrons. The summed E-state index contributed by atoms with van der Waals surface area (Å²) in [6.07, 6.45) is 3.15. The van der Waals surface area contributed by atoms with E-state index in [1.165, 1.54) is 6.20 Å². The average molecular weight is 237 g/mol. The second-order valence-corrected chi connectivity index (χ2v) is 3.76. The van der Waals surface area contributed by atoms with E-state index in [1.54, 1.807) is 13.3 Å². The predicted molar refractivity (Wildman–Crippen MR) is 67.4 cm³/mol. The van der Waals surface area contributed by atoms with Crippen LogP contribution in [-0.2, 0) is 4.74 Å². The summed E-state index contributed by atoms with van der Waals surface area (Å²) in [6.45, 7) is 5.56. The van der Waals surface area contributed by atoms with E-state index in [2.05, 4.69) is 21.8 Å². The topological polar surface area (TPSA) is 88.1 Å². The lowest BCUT2D eigenvalue weighted by Crippen LogP contribution is -2.36. The molecule has 0 bridgehead atoms. The quantitative estimate of drug-likeness (QED) is 0.559. The van der Waals surface area contributed by atoms with Gasteiger partial charge in [0.15, 0.2) is 0 Å². The van der Waals surface area contributed by atoms with Crippen molar-refractivity contribution in [2.75, 3.05) is 25.2 Å². The monoisotopic (exact) mass is 237 g/mol. The van der Waals surface area contributed by atoms with Gasteiger partial charge in [0.05, 0.1) is 25.0 Å². The van der Waals surface area contributed by atoms with E-state index in [4.69, 9.17) is 15.9 Å². The zero-order valence-corrected chi connectivity index (χ0v) is 10.5. The number of nitrogens with zero attached hydrogens (tertiary/aromatic N) is 3. The smallest absolute Gasteiger partial charge is 0.147 e. The van der Waals surface area contributed by atoms with Crippen molar-refractivity contribution in [3.8, 4) is 0 Å². The van der Waals surface area contributed by atoms with Crippen LogP contribution in [0.5, 0.6) is 0 Å². The van der Waals surface area contributed by atoms with Gasteiger partial charge in [0, 0.05) is 13.7 Å². The third-order valence-electron chi connectivity index (χ3n) is 2.49. The molecule has 3 N–H and O–H groups in total. The maximum Gasteiger partial charge on any atom is 0.147 e. The van der Waals surface area contributed by atoms with Gasteiger partial charge in [-0.15, -0.1) is 0 Å². The second-order valence-electron chi connectivity index (χ2n) is 3.76. The SMILES string of the molecule is CCN(c1cnc(C(=N)N)cn1)C(C)COC. The average Bonchev–Trinajstić information content (AvgIpc) is 2.31. The Bertz CT molecular complexity index is 365. The van der Waals surface area contributed by atoms with E-state index in [-0.39, 0.29) is 11.9 Å². The van der Waals surface area contributed by atoms with Crippen LogP contribution in [0.4, 0.5) is 5.82 Å². The van der Waals surface area contributed by atoms with Gasteiger partial charge in [-0.05, 0) is 13.8 Å². The van der Waals surface area contributed by atoms with Crippen LogP contribution in [-0.4, -0.2) is 42.1 Å². The van der Waals surface area contributed by atoms with Crippen molar-refractivity contribution in [1.29, 1.82) is 5.41 Å². The lowest BCUT2D eigenvalue weighted by molar-refractivity contribution is 0.181. The summed E-state index contributed by atoms with van der Waals surface area (Å²) in [4.78, 5) is 10.4. The van der Waals surface area contributed by atoms with E-state index < -0.39 is 0 Å². The molecule has 1 aromatic heterocycles. The van der Waals surface area contributed by atoms with Crippen molar-refractivity contribution in [3.63, 3.8) is 0 Å². The number of rotatable bonds is 6. The van der Waals surface area contributed by atoms with Crippen molar-refractivity contribution in [1.82, 2.24) is 9.97 Å². The Kier molecular flexibility index (Phi) is 4.84. The molecule has 1 heterocycles. The lowest BCUT2D eigenvalue weighted by Gasteiger charge is -2.28. The third kappa shape index (κ3) is 3.39. The van der Waals surface area contributed by atoms with Crippen LogP contribution >= 0.6 is 0 Å². The van der Waals surface area contributed by atoms with Crippen LogP contribution in [0.2, 0.25) is 0 Å². The van der Waals surface area contributed by atoms with E-state index in [9.17, 15) is 0 Å².